The first-order valence-corrected chi connectivity index (χ1v) is 8.48. The number of aryl methyl sites for hydroxylation is 1. The van der Waals surface area contributed by atoms with Gasteiger partial charge in [-0.25, -0.2) is 0 Å². The van der Waals surface area contributed by atoms with Crippen molar-refractivity contribution in [3.63, 3.8) is 0 Å². The highest BCUT2D eigenvalue weighted by Crippen LogP contribution is 2.44. The maximum absolute atomic E-state index is 12.1. The summed E-state index contributed by atoms with van der Waals surface area (Å²) in [6.07, 6.45) is 5.17. The quantitative estimate of drug-likeness (QED) is 0.844. The summed E-state index contributed by atoms with van der Waals surface area (Å²) in [7, 11) is 0. The van der Waals surface area contributed by atoms with E-state index < -0.39 is 0 Å². The Hall–Kier alpha value is -1.04. The number of carbonyl (C=O) groups excluding carboxylic acids is 1. The second kappa shape index (κ2) is 5.76. The molecule has 20 heavy (non-hydrogen) atoms. The average molecular weight is 294 g/mol. The smallest absolute Gasteiger partial charge is 0.230 e. The fraction of sp³-hybridized carbons (Fsp3) is 0.786. The first kappa shape index (κ1) is 13.9. The van der Waals surface area contributed by atoms with Crippen molar-refractivity contribution in [3.05, 3.63) is 5.82 Å². The third-order valence-corrected chi connectivity index (χ3v) is 5.60. The molecule has 0 aliphatic heterocycles. The summed E-state index contributed by atoms with van der Waals surface area (Å²) in [5, 5.41) is 12.2. The van der Waals surface area contributed by atoms with Crippen LogP contribution in [-0.4, -0.2) is 32.5 Å². The summed E-state index contributed by atoms with van der Waals surface area (Å²) in [6.45, 7) is 4.85. The molecule has 110 valence electrons. The molecule has 5 nitrogen and oxygen atoms in total. The van der Waals surface area contributed by atoms with Gasteiger partial charge < -0.3 is 9.88 Å². The molecule has 1 aromatic rings. The SMILES string of the molecule is CCn1c(C)nnc1SCC(=O)N[C@H]1C[C@@H]2CC[C@@H]1C2. The molecule has 1 aromatic heterocycles. The molecular formula is C14H22N4OS. The highest BCUT2D eigenvalue weighted by molar-refractivity contribution is 7.99. The average Bonchev–Trinajstić information content (AvgIpc) is 3.11. The van der Waals surface area contributed by atoms with E-state index in [9.17, 15) is 4.79 Å². The van der Waals surface area contributed by atoms with Crippen LogP contribution in [0.2, 0.25) is 0 Å². The van der Waals surface area contributed by atoms with Crippen molar-refractivity contribution in [1.82, 2.24) is 20.1 Å². The number of aromatic nitrogens is 3. The van der Waals surface area contributed by atoms with E-state index in [4.69, 9.17) is 0 Å². The Balaban J connectivity index is 1.49. The number of fused-ring (bicyclic) bond motifs is 2. The summed E-state index contributed by atoms with van der Waals surface area (Å²) < 4.78 is 2.04. The Morgan fingerprint density at radius 1 is 1.40 bits per heavy atom. The molecule has 2 bridgehead atoms. The van der Waals surface area contributed by atoms with Crippen LogP contribution in [0.15, 0.2) is 5.16 Å². The lowest BCUT2D eigenvalue weighted by Gasteiger charge is -2.22. The number of rotatable bonds is 5. The zero-order chi connectivity index (χ0) is 14.1. The highest BCUT2D eigenvalue weighted by atomic mass is 32.2. The van der Waals surface area contributed by atoms with Crippen molar-refractivity contribution in [2.24, 2.45) is 11.8 Å². The summed E-state index contributed by atoms with van der Waals surface area (Å²) in [5.74, 6) is 3.07. The van der Waals surface area contributed by atoms with E-state index in [2.05, 4.69) is 22.4 Å². The largest absolute Gasteiger partial charge is 0.352 e. The standard InChI is InChI=1S/C14H22N4OS/c1-3-18-9(2)16-17-14(18)20-8-13(19)15-12-7-10-4-5-11(12)6-10/h10-12H,3-8H2,1-2H3,(H,15,19)/t10-,11-,12+/m1/s1. The van der Waals surface area contributed by atoms with Crippen LogP contribution in [0.3, 0.4) is 0 Å². The molecule has 0 saturated heterocycles. The molecule has 2 aliphatic rings. The number of nitrogens with zero attached hydrogens (tertiary/aromatic N) is 3. The van der Waals surface area contributed by atoms with Gasteiger partial charge in [-0.1, -0.05) is 18.2 Å². The van der Waals surface area contributed by atoms with E-state index in [1.807, 2.05) is 11.5 Å². The number of nitrogens with one attached hydrogen (secondary N) is 1. The number of hydrogen-bond donors (Lipinski definition) is 1. The van der Waals surface area contributed by atoms with Gasteiger partial charge in [-0.05, 0) is 44.9 Å². The lowest BCUT2D eigenvalue weighted by molar-refractivity contribution is -0.119. The normalized spacial score (nSPS) is 28.0. The predicted molar refractivity (Wildman–Crippen MR) is 78.5 cm³/mol. The molecular weight excluding hydrogens is 272 g/mol. The minimum absolute atomic E-state index is 0.135. The summed E-state index contributed by atoms with van der Waals surface area (Å²) in [5.41, 5.74) is 0. The maximum atomic E-state index is 12.1. The minimum Gasteiger partial charge on any atom is -0.352 e. The van der Waals surface area contributed by atoms with Crippen molar-refractivity contribution in [2.75, 3.05) is 5.75 Å². The molecule has 3 rings (SSSR count). The van der Waals surface area contributed by atoms with Gasteiger partial charge in [0.15, 0.2) is 5.16 Å². The van der Waals surface area contributed by atoms with Crippen LogP contribution in [0, 0.1) is 18.8 Å². The fourth-order valence-corrected chi connectivity index (χ4v) is 4.49. The molecule has 0 radical (unpaired) electrons. The third-order valence-electron chi connectivity index (χ3n) is 4.63. The van der Waals surface area contributed by atoms with E-state index in [1.54, 1.807) is 0 Å². The Morgan fingerprint density at radius 2 is 2.25 bits per heavy atom. The van der Waals surface area contributed by atoms with Gasteiger partial charge in [-0.3, -0.25) is 4.79 Å². The van der Waals surface area contributed by atoms with Crippen LogP contribution in [-0.2, 0) is 11.3 Å². The van der Waals surface area contributed by atoms with Crippen LogP contribution in [0.5, 0.6) is 0 Å². The van der Waals surface area contributed by atoms with Crippen LogP contribution >= 0.6 is 11.8 Å². The second-order valence-corrected chi connectivity index (χ2v) is 6.85. The van der Waals surface area contributed by atoms with Crippen molar-refractivity contribution in [3.8, 4) is 0 Å². The molecule has 0 spiro atoms. The Morgan fingerprint density at radius 3 is 2.90 bits per heavy atom. The summed E-state index contributed by atoms with van der Waals surface area (Å²) >= 11 is 1.48. The number of carbonyl (C=O) groups is 1. The first-order chi connectivity index (χ1) is 9.67. The van der Waals surface area contributed by atoms with Gasteiger partial charge in [0.2, 0.25) is 5.91 Å². The topological polar surface area (TPSA) is 59.8 Å². The van der Waals surface area contributed by atoms with E-state index in [0.717, 1.165) is 29.4 Å². The van der Waals surface area contributed by atoms with E-state index in [1.165, 1.54) is 37.4 Å². The molecule has 6 heteroatoms. The van der Waals surface area contributed by atoms with Crippen molar-refractivity contribution in [2.45, 2.75) is 57.3 Å². The first-order valence-electron chi connectivity index (χ1n) is 7.49. The number of hydrogen-bond acceptors (Lipinski definition) is 4. The summed E-state index contributed by atoms with van der Waals surface area (Å²) in [4.78, 5) is 12.1. The number of amides is 1. The predicted octanol–water partition coefficient (Wildman–Crippen LogP) is 2.00. The van der Waals surface area contributed by atoms with Gasteiger partial charge in [0, 0.05) is 12.6 Å². The molecule has 1 amide bonds. The minimum atomic E-state index is 0.135. The zero-order valence-corrected chi connectivity index (χ0v) is 12.9. The van der Waals surface area contributed by atoms with Crippen LogP contribution in [0.25, 0.3) is 0 Å². The molecule has 2 saturated carbocycles. The van der Waals surface area contributed by atoms with Gasteiger partial charge in [-0.2, -0.15) is 0 Å². The second-order valence-electron chi connectivity index (χ2n) is 5.91. The molecule has 3 atom stereocenters. The highest BCUT2D eigenvalue weighted by Gasteiger charge is 2.39. The van der Waals surface area contributed by atoms with Crippen molar-refractivity contribution >= 4 is 17.7 Å². The zero-order valence-electron chi connectivity index (χ0n) is 12.1. The van der Waals surface area contributed by atoms with Gasteiger partial charge >= 0.3 is 0 Å². The molecule has 2 fully saturated rings. The lowest BCUT2D eigenvalue weighted by Crippen LogP contribution is -2.39. The van der Waals surface area contributed by atoms with Crippen LogP contribution in [0.4, 0.5) is 0 Å². The van der Waals surface area contributed by atoms with Crippen molar-refractivity contribution < 1.29 is 4.79 Å². The van der Waals surface area contributed by atoms with Crippen LogP contribution in [0.1, 0.15) is 38.4 Å². The van der Waals surface area contributed by atoms with Gasteiger partial charge in [0.05, 0.1) is 5.75 Å². The van der Waals surface area contributed by atoms with Gasteiger partial charge in [-0.15, -0.1) is 10.2 Å². The Kier molecular flexibility index (Phi) is 4.01. The Bertz CT molecular complexity index is 501. The third kappa shape index (κ3) is 2.71. The monoisotopic (exact) mass is 294 g/mol. The van der Waals surface area contributed by atoms with Gasteiger partial charge in [0.1, 0.15) is 5.82 Å². The molecule has 1 heterocycles. The summed E-state index contributed by atoms with van der Waals surface area (Å²) in [6, 6.07) is 0.424. The van der Waals surface area contributed by atoms with Crippen molar-refractivity contribution in [1.29, 1.82) is 0 Å². The Labute approximate surface area is 123 Å². The molecule has 0 aromatic carbocycles. The molecule has 2 aliphatic carbocycles. The lowest BCUT2D eigenvalue weighted by atomic mass is 9.95. The number of thioether (sulfide) groups is 1. The fourth-order valence-electron chi connectivity index (χ4n) is 3.63. The van der Waals surface area contributed by atoms with Crippen LogP contribution < -0.4 is 5.32 Å². The van der Waals surface area contributed by atoms with E-state index >= 15 is 0 Å². The molecule has 1 N–H and O–H groups in total. The van der Waals surface area contributed by atoms with E-state index in [-0.39, 0.29) is 5.91 Å². The maximum Gasteiger partial charge on any atom is 0.230 e. The van der Waals surface area contributed by atoms with Gasteiger partial charge in [0.25, 0.3) is 0 Å². The molecule has 0 unspecified atom stereocenters. The van der Waals surface area contributed by atoms with E-state index in [0.29, 0.717) is 11.8 Å².